The molecule has 17 heavy (non-hydrogen) atoms. The van der Waals surface area contributed by atoms with Gasteiger partial charge >= 0.3 is 119 Å². The van der Waals surface area contributed by atoms with E-state index in [4.69, 9.17) is 0 Å². The number of rotatable bonds is 0. The van der Waals surface area contributed by atoms with E-state index in [1.807, 2.05) is 0 Å². The van der Waals surface area contributed by atoms with Crippen LogP contribution in [0.3, 0.4) is 0 Å². The molecule has 0 spiro atoms. The van der Waals surface area contributed by atoms with Gasteiger partial charge in [-0.25, -0.2) is 0 Å². The van der Waals surface area contributed by atoms with Crippen molar-refractivity contribution >= 4 is 0 Å². The van der Waals surface area contributed by atoms with Crippen molar-refractivity contribution in [1.82, 2.24) is 0 Å². The molecule has 5 unspecified atom stereocenters. The van der Waals surface area contributed by atoms with Crippen LogP contribution in [0.1, 0.15) is 48.5 Å². The van der Waals surface area contributed by atoms with Crippen molar-refractivity contribution in [3.05, 3.63) is 22.3 Å². The zero-order chi connectivity index (χ0) is 13.1. The Morgan fingerprint density at radius 1 is 1.06 bits per heavy atom. The first-order chi connectivity index (χ1) is 7.71. The average molecular weight is 265 g/mol. The molecule has 2 aliphatic carbocycles. The molecule has 0 aromatic carbocycles. The maximum atomic E-state index is 2.45. The fraction of sp³-hybridized carbons (Fsp3) is 0.750. The van der Waals surface area contributed by atoms with E-state index >= 15 is 0 Å². The molecule has 0 aromatic heterocycles. The van der Waals surface area contributed by atoms with E-state index in [2.05, 4.69) is 68.9 Å². The second-order valence-corrected chi connectivity index (χ2v) is 8.12. The second-order valence-electron chi connectivity index (χ2n) is 6.50. The molecule has 0 aliphatic heterocycles. The molecular formula is C16H25Ti. The molecule has 0 fully saturated rings. The van der Waals surface area contributed by atoms with Crippen molar-refractivity contribution in [2.24, 2.45) is 23.7 Å². The molecule has 0 saturated heterocycles. The van der Waals surface area contributed by atoms with Crippen molar-refractivity contribution < 1.29 is 20.4 Å². The van der Waals surface area contributed by atoms with E-state index in [9.17, 15) is 0 Å². The Morgan fingerprint density at radius 3 is 2.12 bits per heavy atom. The van der Waals surface area contributed by atoms with Gasteiger partial charge in [0.25, 0.3) is 0 Å². The van der Waals surface area contributed by atoms with Crippen molar-refractivity contribution in [1.29, 1.82) is 0 Å². The number of hydrogen-bond donors (Lipinski definition) is 0. The van der Waals surface area contributed by atoms with E-state index in [0.717, 1.165) is 17.8 Å². The summed E-state index contributed by atoms with van der Waals surface area (Å²) in [7, 11) is 0. The molecule has 0 saturated carbocycles. The fourth-order valence-corrected chi connectivity index (χ4v) is 4.90. The molecular weight excluding hydrogens is 240 g/mol. The van der Waals surface area contributed by atoms with E-state index < -0.39 is 0 Å². The van der Waals surface area contributed by atoms with Crippen molar-refractivity contribution in [3.63, 3.8) is 0 Å². The summed E-state index contributed by atoms with van der Waals surface area (Å²) in [5.74, 6) is 2.99. The van der Waals surface area contributed by atoms with Crippen LogP contribution >= 0.6 is 0 Å². The quantitative estimate of drug-likeness (QED) is 0.545. The number of allylic oxidation sites excluding steroid dienone is 4. The van der Waals surface area contributed by atoms with Gasteiger partial charge in [-0.05, 0) is 0 Å². The van der Waals surface area contributed by atoms with Crippen LogP contribution in [-0.4, -0.2) is 0 Å². The molecule has 2 aliphatic rings. The Kier molecular flexibility index (Phi) is 3.29. The zero-order valence-electron chi connectivity index (χ0n) is 12.3. The van der Waals surface area contributed by atoms with Crippen LogP contribution in [0.4, 0.5) is 0 Å². The third-order valence-corrected chi connectivity index (χ3v) is 6.97. The molecule has 0 nitrogen and oxygen atoms in total. The molecule has 0 amide bonds. The van der Waals surface area contributed by atoms with Gasteiger partial charge in [0.05, 0.1) is 0 Å². The summed E-state index contributed by atoms with van der Waals surface area (Å²) in [5, 5.41) is 0. The van der Waals surface area contributed by atoms with E-state index in [-0.39, 0.29) is 0 Å². The molecule has 0 aromatic rings. The SMILES string of the molecule is CC1=C(C)C(C)C2=C1[C](C)([Ti])C(C)C(C)C2C. The first-order valence-corrected chi connectivity index (χ1v) is 7.66. The predicted octanol–water partition coefficient (Wildman–Crippen LogP) is 4.92. The van der Waals surface area contributed by atoms with Gasteiger partial charge in [0, 0.05) is 0 Å². The van der Waals surface area contributed by atoms with Gasteiger partial charge in [-0.15, -0.1) is 0 Å². The van der Waals surface area contributed by atoms with Gasteiger partial charge in [-0.2, -0.15) is 0 Å². The normalized spacial score (nSPS) is 46.5. The third kappa shape index (κ3) is 1.67. The summed E-state index contributed by atoms with van der Waals surface area (Å²) in [6.45, 7) is 16.8. The first kappa shape index (κ1) is 13.6. The second kappa shape index (κ2) is 4.10. The molecule has 0 heterocycles. The van der Waals surface area contributed by atoms with Crippen LogP contribution in [0, 0.1) is 23.7 Å². The molecule has 0 N–H and O–H groups in total. The van der Waals surface area contributed by atoms with E-state index in [1.165, 1.54) is 0 Å². The van der Waals surface area contributed by atoms with Crippen LogP contribution in [0.2, 0.25) is 3.72 Å². The van der Waals surface area contributed by atoms with E-state index in [0.29, 0.717) is 9.64 Å². The number of hydrogen-bond acceptors (Lipinski definition) is 0. The Morgan fingerprint density at radius 2 is 1.59 bits per heavy atom. The van der Waals surface area contributed by atoms with Gasteiger partial charge in [0.2, 0.25) is 0 Å². The van der Waals surface area contributed by atoms with Crippen LogP contribution in [0.25, 0.3) is 0 Å². The molecule has 5 atom stereocenters. The van der Waals surface area contributed by atoms with Gasteiger partial charge in [0.15, 0.2) is 0 Å². The summed E-state index contributed by atoms with van der Waals surface area (Å²) >= 11 is 2.45. The predicted molar refractivity (Wildman–Crippen MR) is 70.4 cm³/mol. The summed E-state index contributed by atoms with van der Waals surface area (Å²) in [6, 6.07) is 0. The minimum atomic E-state index is 0.345. The average Bonchev–Trinajstić information content (AvgIpc) is 2.49. The van der Waals surface area contributed by atoms with Crippen molar-refractivity contribution in [2.75, 3.05) is 0 Å². The zero-order valence-corrected chi connectivity index (χ0v) is 13.9. The van der Waals surface area contributed by atoms with Crippen LogP contribution < -0.4 is 0 Å². The molecule has 0 bridgehead atoms. The van der Waals surface area contributed by atoms with Gasteiger partial charge in [-0.1, -0.05) is 0 Å². The first-order valence-electron chi connectivity index (χ1n) is 6.88. The Bertz CT molecular complexity index is 411. The van der Waals surface area contributed by atoms with Crippen molar-refractivity contribution in [3.8, 4) is 0 Å². The monoisotopic (exact) mass is 265 g/mol. The Labute approximate surface area is 118 Å². The summed E-state index contributed by atoms with van der Waals surface area (Å²) in [6.07, 6.45) is 0. The fourth-order valence-electron chi connectivity index (χ4n) is 3.97. The summed E-state index contributed by atoms with van der Waals surface area (Å²) < 4.78 is 0.345. The maximum absolute atomic E-state index is 2.45. The molecule has 93 valence electrons. The molecule has 1 heteroatoms. The third-order valence-electron chi connectivity index (χ3n) is 5.87. The van der Waals surface area contributed by atoms with Gasteiger partial charge < -0.3 is 0 Å². The summed E-state index contributed by atoms with van der Waals surface area (Å²) in [5.41, 5.74) is 6.63. The topological polar surface area (TPSA) is 0 Å². The van der Waals surface area contributed by atoms with Crippen LogP contribution in [-0.2, 0) is 20.4 Å². The molecule has 2 rings (SSSR count). The minimum absolute atomic E-state index is 0.345. The standard InChI is InChI=1S/C16H25.Ti/c1-8-9(2)12(5)16-14(7)10(3)13(6)15(16)11(8)4;/h8-9,11,13H,1-7H3;. The van der Waals surface area contributed by atoms with Gasteiger partial charge in [0.1, 0.15) is 0 Å². The van der Waals surface area contributed by atoms with Crippen molar-refractivity contribution in [2.45, 2.75) is 52.2 Å². The molecule has 0 radical (unpaired) electrons. The Balaban J connectivity index is 2.64. The Hall–Kier alpha value is 0.194. The van der Waals surface area contributed by atoms with Crippen LogP contribution in [0.5, 0.6) is 0 Å². The summed E-state index contributed by atoms with van der Waals surface area (Å²) in [4.78, 5) is 0. The van der Waals surface area contributed by atoms with Gasteiger partial charge in [-0.3, -0.25) is 0 Å². The van der Waals surface area contributed by atoms with Crippen LogP contribution in [0.15, 0.2) is 22.3 Å². The van der Waals surface area contributed by atoms with E-state index in [1.54, 1.807) is 22.3 Å².